The van der Waals surface area contributed by atoms with Crippen molar-refractivity contribution in [3.63, 3.8) is 0 Å². The summed E-state index contributed by atoms with van der Waals surface area (Å²) < 4.78 is 2.43. The molecule has 0 bridgehead atoms. The molecule has 342 valence electrons. The molecule has 0 radical (unpaired) electrons. The lowest BCUT2D eigenvalue weighted by atomic mass is 9.62. The second-order valence-corrected chi connectivity index (χ2v) is 20.4. The Morgan fingerprint density at radius 2 is 0.562 bits per heavy atom. The van der Waals surface area contributed by atoms with E-state index in [0.717, 1.165) is 5.69 Å². The smallest absolute Gasteiger partial charge is 0.0713 e. The molecule has 2 aliphatic carbocycles. The molecular formula is C72H49N. The molecule has 0 saturated carbocycles. The van der Waals surface area contributed by atoms with Crippen LogP contribution in [0.2, 0.25) is 0 Å². The fourth-order valence-electron chi connectivity index (χ4n) is 13.7. The quantitative estimate of drug-likeness (QED) is 0.140. The fraction of sp³-hybridized carbons (Fsp3) is 0.0556. The van der Waals surface area contributed by atoms with E-state index in [9.17, 15) is 0 Å². The number of rotatable bonds is 7. The van der Waals surface area contributed by atoms with E-state index in [4.69, 9.17) is 0 Å². The number of aryl methyl sites for hydroxylation is 2. The van der Waals surface area contributed by atoms with Gasteiger partial charge in [-0.2, -0.15) is 0 Å². The summed E-state index contributed by atoms with van der Waals surface area (Å²) in [5.41, 5.74) is 23.1. The molecule has 1 heteroatoms. The van der Waals surface area contributed by atoms with Gasteiger partial charge in [-0.3, -0.25) is 0 Å². The first-order chi connectivity index (χ1) is 36.0. The van der Waals surface area contributed by atoms with Crippen molar-refractivity contribution < 1.29 is 0 Å². The summed E-state index contributed by atoms with van der Waals surface area (Å²) in [5, 5.41) is 7.57. The number of hydrogen-bond donors (Lipinski definition) is 0. The topological polar surface area (TPSA) is 4.93 Å². The Hall–Kier alpha value is -9.04. The highest BCUT2D eigenvalue weighted by molar-refractivity contribution is 6.21. The maximum atomic E-state index is 2.44. The molecule has 2 aliphatic rings. The highest BCUT2D eigenvalue weighted by Crippen LogP contribution is 2.67. The molecular weight excluding hydrogens is 879 g/mol. The Balaban J connectivity index is 0.990. The van der Waals surface area contributed by atoms with Crippen molar-refractivity contribution in [3.8, 4) is 39.1 Å². The van der Waals surface area contributed by atoms with Gasteiger partial charge in [0.05, 0.1) is 21.9 Å². The van der Waals surface area contributed by atoms with Crippen LogP contribution in [0.3, 0.4) is 0 Å². The molecule has 0 N–H and O–H groups in total. The lowest BCUT2D eigenvalue weighted by Crippen LogP contribution is -2.33. The molecule has 0 unspecified atom stereocenters. The van der Waals surface area contributed by atoms with Crippen molar-refractivity contribution in [3.05, 3.63) is 316 Å². The molecule has 73 heavy (non-hydrogen) atoms. The van der Waals surface area contributed by atoms with Crippen molar-refractivity contribution in [1.29, 1.82) is 0 Å². The monoisotopic (exact) mass is 927 g/mol. The zero-order valence-electron chi connectivity index (χ0n) is 40.8. The maximum Gasteiger partial charge on any atom is 0.0713 e. The molecule has 1 aromatic heterocycles. The Morgan fingerprint density at radius 1 is 0.247 bits per heavy atom. The summed E-state index contributed by atoms with van der Waals surface area (Å²) >= 11 is 0. The van der Waals surface area contributed by atoms with Gasteiger partial charge in [-0.15, -0.1) is 0 Å². The molecule has 12 aromatic carbocycles. The van der Waals surface area contributed by atoms with Gasteiger partial charge in [0.25, 0.3) is 0 Å². The Morgan fingerprint density at radius 3 is 0.959 bits per heavy atom. The minimum atomic E-state index is -0.622. The van der Waals surface area contributed by atoms with Crippen molar-refractivity contribution >= 4 is 43.4 Å². The lowest BCUT2D eigenvalue weighted by molar-refractivity contribution is 0.733. The molecule has 0 fully saturated rings. The first-order valence-corrected chi connectivity index (χ1v) is 25.7. The Bertz CT molecular complexity index is 4130. The van der Waals surface area contributed by atoms with Crippen molar-refractivity contribution in [2.45, 2.75) is 24.7 Å². The Labute approximate surface area is 425 Å². The second-order valence-electron chi connectivity index (χ2n) is 20.4. The third kappa shape index (κ3) is 5.68. The zero-order valence-corrected chi connectivity index (χ0v) is 40.8. The van der Waals surface area contributed by atoms with Gasteiger partial charge in [-0.25, -0.2) is 0 Å². The first kappa shape index (κ1) is 41.7. The number of benzene rings is 12. The van der Waals surface area contributed by atoms with Crippen LogP contribution in [-0.4, -0.2) is 4.57 Å². The average molecular weight is 928 g/mol. The van der Waals surface area contributed by atoms with Gasteiger partial charge in [0.1, 0.15) is 0 Å². The maximum absolute atomic E-state index is 2.44. The first-order valence-electron chi connectivity index (χ1n) is 25.7. The summed E-state index contributed by atoms with van der Waals surface area (Å²) in [7, 11) is 0. The van der Waals surface area contributed by atoms with Crippen molar-refractivity contribution in [2.24, 2.45) is 0 Å². The molecule has 0 atom stereocenters. The van der Waals surface area contributed by atoms with Crippen LogP contribution in [0, 0.1) is 13.8 Å². The molecule has 0 saturated heterocycles. The molecule has 0 amide bonds. The average Bonchev–Trinajstić information content (AvgIpc) is 4.07. The summed E-state index contributed by atoms with van der Waals surface area (Å²) in [6.07, 6.45) is 0. The number of fused-ring (bicyclic) bond motifs is 5. The van der Waals surface area contributed by atoms with E-state index in [1.54, 1.807) is 0 Å². The molecule has 1 heterocycles. The van der Waals surface area contributed by atoms with E-state index in [2.05, 4.69) is 279 Å². The summed E-state index contributed by atoms with van der Waals surface area (Å²) in [6, 6.07) is 98.7. The zero-order chi connectivity index (χ0) is 48.4. The summed E-state index contributed by atoms with van der Waals surface area (Å²) in [4.78, 5) is 0. The van der Waals surface area contributed by atoms with Crippen LogP contribution in [0.1, 0.15) is 55.6 Å². The van der Waals surface area contributed by atoms with Gasteiger partial charge >= 0.3 is 0 Å². The van der Waals surface area contributed by atoms with Gasteiger partial charge in [0.2, 0.25) is 0 Å². The van der Waals surface area contributed by atoms with Crippen LogP contribution in [-0.2, 0) is 10.8 Å². The van der Waals surface area contributed by atoms with E-state index in [0.29, 0.717) is 0 Å². The van der Waals surface area contributed by atoms with E-state index >= 15 is 0 Å². The van der Waals surface area contributed by atoms with Crippen LogP contribution in [0.25, 0.3) is 82.4 Å². The number of nitrogens with zero attached hydrogens (tertiary/aromatic N) is 1. The van der Waals surface area contributed by atoms with Gasteiger partial charge < -0.3 is 4.57 Å². The molecule has 0 aliphatic heterocycles. The summed E-state index contributed by atoms with van der Waals surface area (Å²) in [6.45, 7) is 4.38. The number of hydrogen-bond acceptors (Lipinski definition) is 0. The third-order valence-corrected chi connectivity index (χ3v) is 16.7. The van der Waals surface area contributed by atoms with Crippen LogP contribution < -0.4 is 0 Å². The third-order valence-electron chi connectivity index (χ3n) is 16.7. The number of aromatic nitrogens is 1. The second kappa shape index (κ2) is 15.7. The molecule has 1 nitrogen and oxygen atoms in total. The largest absolute Gasteiger partial charge is 0.309 e. The van der Waals surface area contributed by atoms with E-state index < -0.39 is 10.8 Å². The molecule has 15 rings (SSSR count). The normalized spacial score (nSPS) is 13.8. The van der Waals surface area contributed by atoms with E-state index in [-0.39, 0.29) is 0 Å². The van der Waals surface area contributed by atoms with Crippen LogP contribution in [0.15, 0.2) is 261 Å². The predicted octanol–water partition coefficient (Wildman–Crippen LogP) is 18.1. The van der Waals surface area contributed by atoms with Crippen molar-refractivity contribution in [1.82, 2.24) is 4.57 Å². The fourth-order valence-corrected chi connectivity index (χ4v) is 13.7. The van der Waals surface area contributed by atoms with Crippen LogP contribution in [0.5, 0.6) is 0 Å². The van der Waals surface area contributed by atoms with Gasteiger partial charge in [0, 0.05) is 16.5 Å². The highest BCUT2D eigenvalue weighted by Gasteiger charge is 2.56. The van der Waals surface area contributed by atoms with Crippen LogP contribution >= 0.6 is 0 Å². The van der Waals surface area contributed by atoms with Gasteiger partial charge in [-0.1, -0.05) is 248 Å². The van der Waals surface area contributed by atoms with Gasteiger partial charge in [-0.05, 0) is 138 Å². The van der Waals surface area contributed by atoms with Crippen LogP contribution in [0.4, 0.5) is 0 Å². The SMILES string of the molecule is Cc1ccc(C2(c3ccc(C)cc3)c3cccc4c3-c3c2cccc3C4(c2ccc(-c3c4ccccc4c(-c4ccccc4)c4ccccc34)cc2)c2ccc(-n3c4ccccc4c4ccccc43)cc2)cc1. The lowest BCUT2D eigenvalue weighted by Gasteiger charge is -2.39. The number of para-hydroxylation sites is 2. The molecule has 13 aromatic rings. The summed E-state index contributed by atoms with van der Waals surface area (Å²) in [5.74, 6) is 0. The molecule has 0 spiro atoms. The van der Waals surface area contributed by atoms with E-state index in [1.807, 2.05) is 0 Å². The highest BCUT2D eigenvalue weighted by atomic mass is 15.0. The standard InChI is InChI=1S/C72H49N/c1-46-30-36-50(37-31-46)71(51-38-32-47(2)33-39-51)61-24-14-26-63-69(61)70-62(71)25-15-27-64(70)72(63,53-42-44-54(45-43-53)73-65-28-12-10-18-55(65)56-19-11-13-29-66(56)73)52-40-34-49(35-41-52)68-59-22-8-6-20-57(59)67(48-16-4-3-5-17-48)58-21-7-9-23-60(58)68/h3-45H,1-2H3. The predicted molar refractivity (Wildman–Crippen MR) is 305 cm³/mol. The van der Waals surface area contributed by atoms with E-state index in [1.165, 1.54) is 132 Å². The minimum absolute atomic E-state index is 0.497. The Kier molecular flexibility index (Phi) is 8.99. The van der Waals surface area contributed by atoms with Gasteiger partial charge in [0.15, 0.2) is 0 Å². The van der Waals surface area contributed by atoms with Crippen molar-refractivity contribution in [2.75, 3.05) is 0 Å². The minimum Gasteiger partial charge on any atom is -0.309 e.